The first kappa shape index (κ1) is 14.5. The SMILES string of the molecule is C[C@@H](NC(=O)[C@@H]1CC[C@H](C(=O)O)O1)c1ccc(F)cc1. The molecule has 1 fully saturated rings. The van der Waals surface area contributed by atoms with E-state index in [1.54, 1.807) is 19.1 Å². The first-order chi connectivity index (χ1) is 9.47. The number of carboxylic acids is 1. The molecular weight excluding hydrogens is 265 g/mol. The summed E-state index contributed by atoms with van der Waals surface area (Å²) in [4.78, 5) is 22.7. The van der Waals surface area contributed by atoms with Crippen molar-refractivity contribution in [1.82, 2.24) is 5.32 Å². The Hall–Kier alpha value is -1.95. The highest BCUT2D eigenvalue weighted by atomic mass is 19.1. The first-order valence-electron chi connectivity index (χ1n) is 6.41. The lowest BCUT2D eigenvalue weighted by Crippen LogP contribution is -2.37. The quantitative estimate of drug-likeness (QED) is 0.879. The van der Waals surface area contributed by atoms with Gasteiger partial charge in [-0.3, -0.25) is 4.79 Å². The number of carbonyl (C=O) groups excluding carboxylic acids is 1. The molecule has 3 atom stereocenters. The Morgan fingerprint density at radius 2 is 1.90 bits per heavy atom. The van der Waals surface area contributed by atoms with Gasteiger partial charge in [-0.15, -0.1) is 0 Å². The van der Waals surface area contributed by atoms with Crippen molar-refractivity contribution >= 4 is 11.9 Å². The van der Waals surface area contributed by atoms with Gasteiger partial charge in [0, 0.05) is 0 Å². The van der Waals surface area contributed by atoms with Gasteiger partial charge in [0.25, 0.3) is 0 Å². The van der Waals surface area contributed by atoms with Crippen LogP contribution >= 0.6 is 0 Å². The van der Waals surface area contributed by atoms with Gasteiger partial charge in [-0.05, 0) is 37.5 Å². The molecule has 0 aromatic heterocycles. The molecule has 1 aromatic rings. The van der Waals surface area contributed by atoms with Crippen LogP contribution in [0.1, 0.15) is 31.4 Å². The van der Waals surface area contributed by atoms with E-state index in [-0.39, 0.29) is 17.8 Å². The summed E-state index contributed by atoms with van der Waals surface area (Å²) in [5.41, 5.74) is 0.771. The van der Waals surface area contributed by atoms with E-state index in [1.807, 2.05) is 0 Å². The Kier molecular flexibility index (Phi) is 4.34. The third-order valence-electron chi connectivity index (χ3n) is 3.32. The second-order valence-electron chi connectivity index (χ2n) is 4.81. The van der Waals surface area contributed by atoms with E-state index < -0.39 is 18.2 Å². The zero-order valence-electron chi connectivity index (χ0n) is 11.0. The molecule has 1 amide bonds. The number of carboxylic acid groups (broad SMARTS) is 1. The minimum atomic E-state index is -1.05. The van der Waals surface area contributed by atoms with Crippen LogP contribution < -0.4 is 5.32 Å². The van der Waals surface area contributed by atoms with Crippen LogP contribution in [-0.2, 0) is 14.3 Å². The Morgan fingerprint density at radius 3 is 2.45 bits per heavy atom. The molecule has 5 nitrogen and oxygen atoms in total. The maximum Gasteiger partial charge on any atom is 0.332 e. The summed E-state index contributed by atoms with van der Waals surface area (Å²) in [5, 5.41) is 11.5. The van der Waals surface area contributed by atoms with Gasteiger partial charge < -0.3 is 15.2 Å². The number of ether oxygens (including phenoxy) is 1. The van der Waals surface area contributed by atoms with Crippen LogP contribution in [0.3, 0.4) is 0 Å². The van der Waals surface area contributed by atoms with E-state index >= 15 is 0 Å². The molecule has 0 spiro atoms. The van der Waals surface area contributed by atoms with Gasteiger partial charge in [-0.1, -0.05) is 12.1 Å². The van der Waals surface area contributed by atoms with Crippen molar-refractivity contribution in [2.45, 2.75) is 38.0 Å². The molecule has 20 heavy (non-hydrogen) atoms. The number of aliphatic carboxylic acids is 1. The number of halogens is 1. The molecule has 1 aliphatic rings. The second-order valence-corrected chi connectivity index (χ2v) is 4.81. The van der Waals surface area contributed by atoms with Crippen molar-refractivity contribution < 1.29 is 23.8 Å². The molecule has 1 heterocycles. The molecule has 2 rings (SSSR count). The van der Waals surface area contributed by atoms with Gasteiger partial charge in [-0.25, -0.2) is 9.18 Å². The van der Waals surface area contributed by atoms with Gasteiger partial charge in [0.05, 0.1) is 6.04 Å². The Morgan fingerprint density at radius 1 is 1.30 bits per heavy atom. The number of benzene rings is 1. The molecule has 1 saturated heterocycles. The highest BCUT2D eigenvalue weighted by Crippen LogP contribution is 2.21. The molecule has 0 unspecified atom stereocenters. The number of rotatable bonds is 4. The normalized spacial score (nSPS) is 23.3. The largest absolute Gasteiger partial charge is 0.479 e. The number of amides is 1. The Bertz CT molecular complexity index is 502. The summed E-state index contributed by atoms with van der Waals surface area (Å²) in [6.07, 6.45) is -0.928. The summed E-state index contributed by atoms with van der Waals surface area (Å²) < 4.78 is 18.0. The summed E-state index contributed by atoms with van der Waals surface area (Å²) in [6, 6.07) is 5.54. The van der Waals surface area contributed by atoms with Crippen molar-refractivity contribution in [3.8, 4) is 0 Å². The fourth-order valence-corrected chi connectivity index (χ4v) is 2.15. The molecule has 6 heteroatoms. The smallest absolute Gasteiger partial charge is 0.332 e. The van der Waals surface area contributed by atoms with E-state index in [0.717, 1.165) is 5.56 Å². The lowest BCUT2D eigenvalue weighted by molar-refractivity contribution is -0.151. The van der Waals surface area contributed by atoms with Crippen LogP contribution in [0.15, 0.2) is 24.3 Å². The summed E-state index contributed by atoms with van der Waals surface area (Å²) in [5.74, 6) is -1.73. The topological polar surface area (TPSA) is 75.6 Å². The van der Waals surface area contributed by atoms with Crippen LogP contribution in [-0.4, -0.2) is 29.2 Å². The molecular formula is C14H16FNO4. The summed E-state index contributed by atoms with van der Waals surface area (Å²) in [7, 11) is 0. The molecule has 2 N–H and O–H groups in total. The highest BCUT2D eigenvalue weighted by molar-refractivity contribution is 5.82. The Balaban J connectivity index is 1.91. The Labute approximate surface area is 115 Å². The molecule has 1 aromatic carbocycles. The van der Waals surface area contributed by atoms with Gasteiger partial charge in [0.1, 0.15) is 11.9 Å². The molecule has 0 radical (unpaired) electrons. The van der Waals surface area contributed by atoms with Crippen molar-refractivity contribution in [2.75, 3.05) is 0 Å². The standard InChI is InChI=1S/C14H16FNO4/c1-8(9-2-4-10(15)5-3-9)16-13(17)11-6-7-12(20-11)14(18)19/h2-5,8,11-12H,6-7H2,1H3,(H,16,17)(H,18,19)/t8-,11+,12-/m1/s1. The van der Waals surface area contributed by atoms with Crippen molar-refractivity contribution in [3.05, 3.63) is 35.6 Å². The molecule has 108 valence electrons. The van der Waals surface area contributed by atoms with Gasteiger partial charge in [0.15, 0.2) is 6.10 Å². The summed E-state index contributed by atoms with van der Waals surface area (Å²) in [6.45, 7) is 1.77. The van der Waals surface area contributed by atoms with Gasteiger partial charge >= 0.3 is 5.97 Å². The number of hydrogen-bond donors (Lipinski definition) is 2. The second kappa shape index (κ2) is 6.00. The molecule has 1 aliphatic heterocycles. The molecule has 0 aliphatic carbocycles. The maximum absolute atomic E-state index is 12.8. The van der Waals surface area contributed by atoms with E-state index in [9.17, 15) is 14.0 Å². The zero-order chi connectivity index (χ0) is 14.7. The van der Waals surface area contributed by atoms with Gasteiger partial charge in [-0.2, -0.15) is 0 Å². The predicted molar refractivity (Wildman–Crippen MR) is 68.5 cm³/mol. The van der Waals surface area contributed by atoms with Crippen LogP contribution in [0, 0.1) is 5.82 Å². The van der Waals surface area contributed by atoms with Crippen LogP contribution in [0.5, 0.6) is 0 Å². The van der Waals surface area contributed by atoms with Crippen LogP contribution in [0.4, 0.5) is 4.39 Å². The van der Waals surface area contributed by atoms with Crippen molar-refractivity contribution in [3.63, 3.8) is 0 Å². The number of carbonyl (C=O) groups is 2. The van der Waals surface area contributed by atoms with Gasteiger partial charge in [0.2, 0.25) is 5.91 Å². The fourth-order valence-electron chi connectivity index (χ4n) is 2.15. The lowest BCUT2D eigenvalue weighted by atomic mass is 10.1. The first-order valence-corrected chi connectivity index (χ1v) is 6.41. The van der Waals surface area contributed by atoms with E-state index in [4.69, 9.17) is 9.84 Å². The van der Waals surface area contributed by atoms with Crippen LogP contribution in [0.2, 0.25) is 0 Å². The average Bonchev–Trinajstić information content (AvgIpc) is 2.89. The molecule has 0 bridgehead atoms. The van der Waals surface area contributed by atoms with E-state index in [0.29, 0.717) is 12.8 Å². The van der Waals surface area contributed by atoms with E-state index in [2.05, 4.69) is 5.32 Å². The number of hydrogen-bond acceptors (Lipinski definition) is 3. The third-order valence-corrected chi connectivity index (χ3v) is 3.32. The minimum absolute atomic E-state index is 0.296. The van der Waals surface area contributed by atoms with Crippen molar-refractivity contribution in [1.29, 1.82) is 0 Å². The average molecular weight is 281 g/mol. The highest BCUT2D eigenvalue weighted by Gasteiger charge is 2.35. The fraction of sp³-hybridized carbons (Fsp3) is 0.429. The predicted octanol–water partition coefficient (Wildman–Crippen LogP) is 1.64. The summed E-state index contributed by atoms with van der Waals surface area (Å²) >= 11 is 0. The monoisotopic (exact) mass is 281 g/mol. The van der Waals surface area contributed by atoms with E-state index in [1.165, 1.54) is 12.1 Å². The van der Waals surface area contributed by atoms with Crippen LogP contribution in [0.25, 0.3) is 0 Å². The molecule has 0 saturated carbocycles. The maximum atomic E-state index is 12.8. The van der Waals surface area contributed by atoms with Crippen molar-refractivity contribution in [2.24, 2.45) is 0 Å². The minimum Gasteiger partial charge on any atom is -0.479 e. The lowest BCUT2D eigenvalue weighted by Gasteiger charge is -2.17. The zero-order valence-corrected chi connectivity index (χ0v) is 11.0. The third kappa shape index (κ3) is 3.33. The number of nitrogens with one attached hydrogen (secondary N) is 1.